The third kappa shape index (κ3) is 4.03. The van der Waals surface area contributed by atoms with E-state index in [1.807, 2.05) is 17.0 Å². The number of rotatable bonds is 4. The highest BCUT2D eigenvalue weighted by molar-refractivity contribution is 6.30. The summed E-state index contributed by atoms with van der Waals surface area (Å²) in [6.07, 6.45) is 0. The van der Waals surface area contributed by atoms with Crippen LogP contribution in [-0.2, 0) is 4.79 Å². The van der Waals surface area contributed by atoms with Crippen LogP contribution in [0, 0.1) is 6.92 Å². The quantitative estimate of drug-likeness (QED) is 0.850. The van der Waals surface area contributed by atoms with Crippen LogP contribution in [0.25, 0.3) is 5.69 Å². The predicted octanol–water partition coefficient (Wildman–Crippen LogP) is 0.733. The van der Waals surface area contributed by atoms with E-state index in [9.17, 15) is 9.59 Å². The monoisotopic (exact) mass is 376 g/mol. The lowest BCUT2D eigenvalue weighted by Gasteiger charge is -2.33. The van der Waals surface area contributed by atoms with Crippen LogP contribution >= 0.6 is 11.6 Å². The number of benzene rings is 1. The molecular weight excluding hydrogens is 356 g/mol. The Morgan fingerprint density at radius 3 is 2.58 bits per heavy atom. The molecule has 2 aromatic rings. The first-order chi connectivity index (χ1) is 12.5. The molecule has 9 heteroatoms. The highest BCUT2D eigenvalue weighted by Crippen LogP contribution is 2.16. The number of nitrogens with zero attached hydrogens (tertiary/aromatic N) is 5. The molecule has 0 spiro atoms. The molecule has 1 N–H and O–H groups in total. The molecule has 1 aromatic carbocycles. The Hall–Kier alpha value is -2.45. The maximum Gasteiger partial charge on any atom is 0.276 e. The van der Waals surface area contributed by atoms with Crippen LogP contribution in [0.3, 0.4) is 0 Å². The van der Waals surface area contributed by atoms with Crippen molar-refractivity contribution in [3.63, 3.8) is 0 Å². The van der Waals surface area contributed by atoms with E-state index in [2.05, 4.69) is 15.5 Å². The molecule has 3 rings (SSSR count). The Morgan fingerprint density at radius 1 is 1.19 bits per heavy atom. The van der Waals surface area contributed by atoms with Crippen molar-refractivity contribution >= 4 is 23.4 Å². The number of hydrogen-bond acceptors (Lipinski definition) is 5. The van der Waals surface area contributed by atoms with Crippen LogP contribution in [0.15, 0.2) is 24.3 Å². The molecule has 2 heterocycles. The lowest BCUT2D eigenvalue weighted by Crippen LogP contribution is -2.51. The zero-order chi connectivity index (χ0) is 18.7. The van der Waals surface area contributed by atoms with Gasteiger partial charge in [0.2, 0.25) is 5.91 Å². The first-order valence-electron chi connectivity index (χ1n) is 8.40. The summed E-state index contributed by atoms with van der Waals surface area (Å²) < 4.78 is 0. The molecular formula is C17H21ClN6O2. The van der Waals surface area contributed by atoms with Crippen molar-refractivity contribution in [3.05, 3.63) is 40.7 Å². The number of piperazine rings is 1. The number of halogens is 1. The molecule has 0 unspecified atom stereocenters. The van der Waals surface area contributed by atoms with Gasteiger partial charge in [0.15, 0.2) is 5.69 Å². The minimum Gasteiger partial charge on any atom is -0.358 e. The topological polar surface area (TPSA) is 83.4 Å². The predicted molar refractivity (Wildman–Crippen MR) is 97.5 cm³/mol. The van der Waals surface area contributed by atoms with Gasteiger partial charge in [0.25, 0.3) is 5.91 Å². The third-order valence-electron chi connectivity index (χ3n) is 4.33. The van der Waals surface area contributed by atoms with Crippen LogP contribution in [0.4, 0.5) is 0 Å². The van der Waals surface area contributed by atoms with Crippen molar-refractivity contribution in [2.75, 3.05) is 39.8 Å². The Morgan fingerprint density at radius 2 is 1.92 bits per heavy atom. The van der Waals surface area contributed by atoms with Crippen molar-refractivity contribution in [1.29, 1.82) is 0 Å². The summed E-state index contributed by atoms with van der Waals surface area (Å²) in [6, 6.07) is 7.15. The van der Waals surface area contributed by atoms with Crippen LogP contribution in [-0.4, -0.2) is 76.4 Å². The molecule has 138 valence electrons. The van der Waals surface area contributed by atoms with Crippen molar-refractivity contribution in [3.8, 4) is 5.69 Å². The van der Waals surface area contributed by atoms with E-state index in [1.165, 1.54) is 4.80 Å². The fraction of sp³-hybridized carbons (Fsp3) is 0.412. The first kappa shape index (κ1) is 18.3. The molecule has 0 saturated carbocycles. The highest BCUT2D eigenvalue weighted by Gasteiger charge is 2.26. The standard InChI is InChI=1S/C17H21ClN6O2/c1-12-16(21-24(20-12)14-5-3-4-13(18)10-14)17(26)23-8-6-22(7-9-23)11-15(25)19-2/h3-5,10H,6-9,11H2,1-2H3,(H,19,25). The van der Waals surface area contributed by atoms with E-state index in [1.54, 1.807) is 31.0 Å². The summed E-state index contributed by atoms with van der Waals surface area (Å²) in [6.45, 7) is 4.53. The SMILES string of the molecule is CNC(=O)CN1CCN(C(=O)c2nn(-c3cccc(Cl)c3)nc2C)CC1. The van der Waals surface area contributed by atoms with E-state index in [0.717, 1.165) is 0 Å². The molecule has 1 aliphatic heterocycles. The Kier molecular flexibility index (Phi) is 5.53. The second-order valence-corrected chi connectivity index (χ2v) is 6.58. The van der Waals surface area contributed by atoms with Gasteiger partial charge in [-0.2, -0.15) is 9.90 Å². The molecule has 1 aliphatic rings. The molecule has 0 atom stereocenters. The zero-order valence-corrected chi connectivity index (χ0v) is 15.5. The second kappa shape index (κ2) is 7.84. The number of hydrogen-bond donors (Lipinski definition) is 1. The molecule has 8 nitrogen and oxygen atoms in total. The molecule has 0 radical (unpaired) electrons. The first-order valence-corrected chi connectivity index (χ1v) is 8.78. The fourth-order valence-electron chi connectivity index (χ4n) is 2.83. The molecule has 26 heavy (non-hydrogen) atoms. The van der Waals surface area contributed by atoms with Gasteiger partial charge in [0.1, 0.15) is 0 Å². The normalized spacial score (nSPS) is 15.1. The van der Waals surface area contributed by atoms with Gasteiger partial charge in [-0.25, -0.2) is 0 Å². The van der Waals surface area contributed by atoms with Crippen molar-refractivity contribution in [2.45, 2.75) is 6.92 Å². The van der Waals surface area contributed by atoms with Gasteiger partial charge in [0, 0.05) is 38.2 Å². The van der Waals surface area contributed by atoms with E-state index < -0.39 is 0 Å². The van der Waals surface area contributed by atoms with Gasteiger partial charge in [-0.15, -0.1) is 5.10 Å². The minimum atomic E-state index is -0.143. The number of aryl methyl sites for hydroxylation is 1. The minimum absolute atomic E-state index is 0.0231. The number of nitrogens with one attached hydrogen (secondary N) is 1. The maximum atomic E-state index is 12.8. The number of amides is 2. The average Bonchev–Trinajstić information content (AvgIpc) is 3.03. The summed E-state index contributed by atoms with van der Waals surface area (Å²) in [5.41, 5.74) is 1.61. The van der Waals surface area contributed by atoms with Crippen LogP contribution in [0.1, 0.15) is 16.2 Å². The Labute approximate surface area is 156 Å². The number of likely N-dealkylation sites (N-methyl/N-ethyl adjacent to an activating group) is 1. The number of carbonyl (C=O) groups excluding carboxylic acids is 2. The van der Waals surface area contributed by atoms with Gasteiger partial charge >= 0.3 is 0 Å². The molecule has 0 bridgehead atoms. The third-order valence-corrected chi connectivity index (χ3v) is 4.56. The lowest BCUT2D eigenvalue weighted by molar-refractivity contribution is -0.122. The summed E-state index contributed by atoms with van der Waals surface area (Å²) >= 11 is 6.01. The summed E-state index contributed by atoms with van der Waals surface area (Å²) in [4.78, 5) is 29.5. The van der Waals surface area contributed by atoms with Crippen molar-refractivity contribution in [2.24, 2.45) is 0 Å². The Bertz CT molecular complexity index is 813. The van der Waals surface area contributed by atoms with E-state index in [4.69, 9.17) is 11.6 Å². The molecule has 1 fully saturated rings. The van der Waals surface area contributed by atoms with Crippen LogP contribution in [0.2, 0.25) is 5.02 Å². The Balaban J connectivity index is 1.68. The van der Waals surface area contributed by atoms with E-state index in [-0.39, 0.29) is 11.8 Å². The largest absolute Gasteiger partial charge is 0.358 e. The van der Waals surface area contributed by atoms with Gasteiger partial charge < -0.3 is 10.2 Å². The van der Waals surface area contributed by atoms with Gasteiger partial charge in [-0.3, -0.25) is 14.5 Å². The van der Waals surface area contributed by atoms with E-state index >= 15 is 0 Å². The zero-order valence-electron chi connectivity index (χ0n) is 14.8. The lowest BCUT2D eigenvalue weighted by atomic mass is 10.2. The smallest absolute Gasteiger partial charge is 0.276 e. The molecule has 1 saturated heterocycles. The fourth-order valence-corrected chi connectivity index (χ4v) is 3.02. The van der Waals surface area contributed by atoms with Crippen molar-refractivity contribution in [1.82, 2.24) is 30.1 Å². The van der Waals surface area contributed by atoms with Gasteiger partial charge in [-0.1, -0.05) is 17.7 Å². The van der Waals surface area contributed by atoms with Gasteiger partial charge in [-0.05, 0) is 25.1 Å². The molecule has 0 aliphatic carbocycles. The summed E-state index contributed by atoms with van der Waals surface area (Å²) in [7, 11) is 1.62. The van der Waals surface area contributed by atoms with Crippen LogP contribution < -0.4 is 5.32 Å². The molecule has 2 amide bonds. The summed E-state index contributed by atoms with van der Waals surface area (Å²) in [5.74, 6) is -0.166. The summed E-state index contributed by atoms with van der Waals surface area (Å²) in [5, 5.41) is 11.9. The highest BCUT2D eigenvalue weighted by atomic mass is 35.5. The number of aromatic nitrogens is 3. The number of carbonyl (C=O) groups is 2. The van der Waals surface area contributed by atoms with Gasteiger partial charge in [0.05, 0.1) is 17.9 Å². The molecule has 1 aromatic heterocycles. The maximum absolute atomic E-state index is 12.8. The van der Waals surface area contributed by atoms with Crippen molar-refractivity contribution < 1.29 is 9.59 Å². The average molecular weight is 377 g/mol. The second-order valence-electron chi connectivity index (χ2n) is 6.14. The van der Waals surface area contributed by atoms with Crippen LogP contribution in [0.5, 0.6) is 0 Å². The van der Waals surface area contributed by atoms with E-state index in [0.29, 0.717) is 54.8 Å².